The Morgan fingerprint density at radius 3 is 2.57 bits per heavy atom. The molecule has 0 radical (unpaired) electrons. The van der Waals surface area contributed by atoms with E-state index in [9.17, 15) is 4.79 Å². The molecule has 3 nitrogen and oxygen atoms in total. The number of hydrogen-bond donors (Lipinski definition) is 1. The fourth-order valence-corrected chi connectivity index (χ4v) is 2.65. The van der Waals surface area contributed by atoms with Gasteiger partial charge in [0.05, 0.1) is 6.04 Å². The third-order valence-electron chi connectivity index (χ3n) is 4.68. The maximum absolute atomic E-state index is 12.5. The standard InChI is InChI=1S/C18H28N2O/c1-12-8-7-9-15(10-12)16-19-14(3)17(21)20(16)11-13(2)18(4,5)6/h7-10,13-14,16,19H,11H2,1-6H3. The highest BCUT2D eigenvalue weighted by molar-refractivity contribution is 5.84. The largest absolute Gasteiger partial charge is 0.321 e. The van der Waals surface area contributed by atoms with Crippen molar-refractivity contribution in [2.45, 2.75) is 53.8 Å². The van der Waals surface area contributed by atoms with Gasteiger partial charge >= 0.3 is 0 Å². The minimum absolute atomic E-state index is 0.00259. The van der Waals surface area contributed by atoms with Gasteiger partial charge in [0.25, 0.3) is 0 Å². The van der Waals surface area contributed by atoms with E-state index < -0.39 is 0 Å². The number of aryl methyl sites for hydroxylation is 1. The van der Waals surface area contributed by atoms with E-state index in [0.717, 1.165) is 6.54 Å². The third-order valence-corrected chi connectivity index (χ3v) is 4.68. The Labute approximate surface area is 128 Å². The summed E-state index contributed by atoms with van der Waals surface area (Å²) in [5, 5.41) is 3.43. The number of carbonyl (C=O) groups excluding carboxylic acids is 1. The summed E-state index contributed by atoms with van der Waals surface area (Å²) in [6.07, 6.45) is -0.00259. The topological polar surface area (TPSA) is 32.3 Å². The monoisotopic (exact) mass is 288 g/mol. The Hall–Kier alpha value is -1.35. The van der Waals surface area contributed by atoms with Crippen molar-refractivity contribution >= 4 is 5.91 Å². The van der Waals surface area contributed by atoms with E-state index in [1.54, 1.807) is 0 Å². The first kappa shape index (κ1) is 16.0. The van der Waals surface area contributed by atoms with Gasteiger partial charge in [0.1, 0.15) is 6.17 Å². The van der Waals surface area contributed by atoms with Crippen molar-refractivity contribution < 1.29 is 4.79 Å². The average Bonchev–Trinajstić information content (AvgIpc) is 2.66. The van der Waals surface area contributed by atoms with Gasteiger partial charge in [-0.2, -0.15) is 0 Å². The van der Waals surface area contributed by atoms with Crippen LogP contribution in [0.5, 0.6) is 0 Å². The van der Waals surface area contributed by atoms with E-state index in [0.29, 0.717) is 5.92 Å². The van der Waals surface area contributed by atoms with Gasteiger partial charge in [-0.3, -0.25) is 10.1 Å². The molecule has 116 valence electrons. The Morgan fingerprint density at radius 1 is 1.33 bits per heavy atom. The molecule has 3 heteroatoms. The summed E-state index contributed by atoms with van der Waals surface area (Å²) in [5.74, 6) is 0.651. The lowest BCUT2D eigenvalue weighted by atomic mass is 9.81. The Kier molecular flexibility index (Phi) is 4.43. The summed E-state index contributed by atoms with van der Waals surface area (Å²) >= 11 is 0. The highest BCUT2D eigenvalue weighted by atomic mass is 16.2. The van der Waals surface area contributed by atoms with Crippen LogP contribution >= 0.6 is 0 Å². The van der Waals surface area contributed by atoms with E-state index in [2.05, 4.69) is 64.2 Å². The SMILES string of the molecule is Cc1cccc(C2NC(C)C(=O)N2CC(C)C(C)(C)C)c1. The number of benzene rings is 1. The molecule has 2 rings (SSSR count). The predicted molar refractivity (Wildman–Crippen MR) is 86.8 cm³/mol. The van der Waals surface area contributed by atoms with E-state index in [1.807, 2.05) is 11.8 Å². The van der Waals surface area contributed by atoms with Crippen LogP contribution in [0.25, 0.3) is 0 Å². The summed E-state index contributed by atoms with van der Waals surface area (Å²) in [6.45, 7) is 13.8. The molecular formula is C18H28N2O. The predicted octanol–water partition coefficient (Wildman–Crippen LogP) is 3.50. The summed E-state index contributed by atoms with van der Waals surface area (Å²) in [4.78, 5) is 14.5. The molecule has 1 aliphatic rings. The minimum Gasteiger partial charge on any atom is -0.321 e. The quantitative estimate of drug-likeness (QED) is 0.923. The van der Waals surface area contributed by atoms with E-state index in [-0.39, 0.29) is 23.5 Å². The van der Waals surface area contributed by atoms with Crippen molar-refractivity contribution in [3.8, 4) is 0 Å². The number of hydrogen-bond acceptors (Lipinski definition) is 2. The molecule has 1 N–H and O–H groups in total. The Morgan fingerprint density at radius 2 is 2.00 bits per heavy atom. The fourth-order valence-electron chi connectivity index (χ4n) is 2.65. The molecule has 1 aromatic rings. The molecule has 1 saturated heterocycles. The minimum atomic E-state index is -0.109. The third kappa shape index (κ3) is 3.46. The summed E-state index contributed by atoms with van der Waals surface area (Å²) < 4.78 is 0. The van der Waals surface area contributed by atoms with Crippen molar-refractivity contribution in [2.24, 2.45) is 11.3 Å². The second-order valence-corrected chi connectivity index (χ2v) is 7.46. The van der Waals surface area contributed by atoms with E-state index in [4.69, 9.17) is 0 Å². The molecule has 0 aliphatic carbocycles. The first-order valence-corrected chi connectivity index (χ1v) is 7.83. The van der Waals surface area contributed by atoms with Crippen LogP contribution in [0.4, 0.5) is 0 Å². The second kappa shape index (κ2) is 5.80. The number of carbonyl (C=O) groups is 1. The van der Waals surface area contributed by atoms with Gasteiger partial charge in [-0.25, -0.2) is 0 Å². The highest BCUT2D eigenvalue weighted by Gasteiger charge is 2.38. The zero-order chi connectivity index (χ0) is 15.8. The van der Waals surface area contributed by atoms with Crippen LogP contribution in [0.15, 0.2) is 24.3 Å². The summed E-state index contributed by atoms with van der Waals surface area (Å²) in [5.41, 5.74) is 2.60. The average molecular weight is 288 g/mol. The van der Waals surface area contributed by atoms with Gasteiger partial charge in [-0.05, 0) is 30.7 Å². The molecular weight excluding hydrogens is 260 g/mol. The maximum Gasteiger partial charge on any atom is 0.241 e. The molecule has 1 aliphatic heterocycles. The van der Waals surface area contributed by atoms with Crippen LogP contribution in [0.2, 0.25) is 0 Å². The van der Waals surface area contributed by atoms with Crippen molar-refractivity contribution in [1.82, 2.24) is 10.2 Å². The van der Waals surface area contributed by atoms with E-state index in [1.165, 1.54) is 11.1 Å². The van der Waals surface area contributed by atoms with Crippen LogP contribution in [0.1, 0.15) is 51.9 Å². The fraction of sp³-hybridized carbons (Fsp3) is 0.611. The van der Waals surface area contributed by atoms with Crippen molar-refractivity contribution in [1.29, 1.82) is 0 Å². The lowest BCUT2D eigenvalue weighted by Crippen LogP contribution is -2.38. The van der Waals surface area contributed by atoms with Crippen LogP contribution in [-0.4, -0.2) is 23.4 Å². The molecule has 1 aromatic carbocycles. The highest BCUT2D eigenvalue weighted by Crippen LogP contribution is 2.32. The molecule has 1 heterocycles. The van der Waals surface area contributed by atoms with Crippen LogP contribution < -0.4 is 5.32 Å². The number of rotatable bonds is 3. The maximum atomic E-state index is 12.5. The van der Waals surface area contributed by atoms with Crippen LogP contribution in [0, 0.1) is 18.3 Å². The van der Waals surface area contributed by atoms with Gasteiger partial charge in [0, 0.05) is 6.54 Å². The lowest BCUT2D eigenvalue weighted by Gasteiger charge is -2.34. The molecule has 0 aromatic heterocycles. The molecule has 1 amide bonds. The zero-order valence-electron chi connectivity index (χ0n) is 14.1. The molecule has 3 atom stereocenters. The first-order valence-electron chi connectivity index (χ1n) is 7.83. The number of nitrogens with zero attached hydrogens (tertiary/aromatic N) is 1. The Balaban J connectivity index is 2.25. The van der Waals surface area contributed by atoms with Gasteiger partial charge in [-0.1, -0.05) is 57.5 Å². The van der Waals surface area contributed by atoms with E-state index >= 15 is 0 Å². The van der Waals surface area contributed by atoms with Gasteiger partial charge < -0.3 is 4.90 Å². The second-order valence-electron chi connectivity index (χ2n) is 7.46. The van der Waals surface area contributed by atoms with Gasteiger partial charge in [0.15, 0.2) is 0 Å². The molecule has 1 fully saturated rings. The molecule has 0 bridgehead atoms. The smallest absolute Gasteiger partial charge is 0.241 e. The van der Waals surface area contributed by atoms with Crippen molar-refractivity contribution in [2.75, 3.05) is 6.54 Å². The molecule has 0 spiro atoms. The van der Waals surface area contributed by atoms with Crippen LogP contribution in [-0.2, 0) is 4.79 Å². The normalized spacial score (nSPS) is 24.5. The Bertz CT molecular complexity index is 518. The number of amides is 1. The zero-order valence-corrected chi connectivity index (χ0v) is 14.1. The first-order chi connectivity index (χ1) is 9.70. The summed E-state index contributed by atoms with van der Waals surface area (Å²) in [6, 6.07) is 8.31. The van der Waals surface area contributed by atoms with Gasteiger partial charge in [0.2, 0.25) is 5.91 Å². The molecule has 21 heavy (non-hydrogen) atoms. The number of nitrogens with one attached hydrogen (secondary N) is 1. The van der Waals surface area contributed by atoms with Crippen molar-refractivity contribution in [3.63, 3.8) is 0 Å². The van der Waals surface area contributed by atoms with Gasteiger partial charge in [-0.15, -0.1) is 0 Å². The van der Waals surface area contributed by atoms with Crippen LogP contribution in [0.3, 0.4) is 0 Å². The summed E-state index contributed by atoms with van der Waals surface area (Å²) in [7, 11) is 0. The lowest BCUT2D eigenvalue weighted by molar-refractivity contribution is -0.130. The molecule has 3 unspecified atom stereocenters. The molecule has 0 saturated carbocycles. The van der Waals surface area contributed by atoms with Crippen molar-refractivity contribution in [3.05, 3.63) is 35.4 Å².